The van der Waals surface area contributed by atoms with Gasteiger partial charge in [-0.25, -0.2) is 0 Å². The highest BCUT2D eigenvalue weighted by molar-refractivity contribution is 5.36. The van der Waals surface area contributed by atoms with E-state index in [-0.39, 0.29) is 5.41 Å². The molecule has 1 aliphatic carbocycles. The molecule has 1 nitrogen and oxygen atoms in total. The van der Waals surface area contributed by atoms with Crippen molar-refractivity contribution in [3.05, 3.63) is 23.2 Å². The minimum absolute atomic E-state index is 0.221. The van der Waals surface area contributed by atoms with Gasteiger partial charge in [0.25, 0.3) is 0 Å². The van der Waals surface area contributed by atoms with E-state index in [0.717, 1.165) is 5.76 Å². The maximum absolute atomic E-state index is 5.86. The lowest BCUT2D eigenvalue weighted by Gasteiger charge is -2.37. The molecule has 0 aromatic carbocycles. The predicted octanol–water partition coefficient (Wildman–Crippen LogP) is 3.94. The molecule has 0 bridgehead atoms. The van der Waals surface area contributed by atoms with Gasteiger partial charge in [0.15, 0.2) is 0 Å². The predicted molar refractivity (Wildman–Crippen MR) is 58.7 cm³/mol. The number of furan rings is 1. The summed E-state index contributed by atoms with van der Waals surface area (Å²) in [5.74, 6) is 2.27. The first-order valence-corrected chi connectivity index (χ1v) is 5.44. The molecule has 0 spiro atoms. The Labute approximate surface area is 86.5 Å². The third kappa shape index (κ3) is 1.30. The summed E-state index contributed by atoms with van der Waals surface area (Å²) < 4.78 is 5.86. The average molecular weight is 192 g/mol. The van der Waals surface area contributed by atoms with E-state index in [0.29, 0.717) is 5.41 Å². The van der Waals surface area contributed by atoms with Crippen LogP contribution in [0.15, 0.2) is 10.5 Å². The van der Waals surface area contributed by atoms with Crippen molar-refractivity contribution in [2.24, 2.45) is 0 Å². The molecule has 0 N–H and O–H groups in total. The van der Waals surface area contributed by atoms with Gasteiger partial charge in [-0.2, -0.15) is 0 Å². The van der Waals surface area contributed by atoms with Crippen LogP contribution in [-0.4, -0.2) is 0 Å². The molecule has 1 heteroatoms. The van der Waals surface area contributed by atoms with Crippen molar-refractivity contribution in [3.8, 4) is 0 Å². The molecule has 14 heavy (non-hydrogen) atoms. The van der Waals surface area contributed by atoms with Gasteiger partial charge in [-0.15, -0.1) is 0 Å². The topological polar surface area (TPSA) is 13.1 Å². The zero-order valence-corrected chi connectivity index (χ0v) is 9.90. The van der Waals surface area contributed by atoms with Gasteiger partial charge >= 0.3 is 0 Å². The highest BCUT2D eigenvalue weighted by Crippen LogP contribution is 2.46. The molecule has 0 saturated carbocycles. The molecule has 0 amide bonds. The summed E-state index contributed by atoms with van der Waals surface area (Å²) in [6.07, 6.45) is 2.48. The smallest absolute Gasteiger partial charge is 0.113 e. The molecule has 0 atom stereocenters. The second kappa shape index (κ2) is 2.65. The third-order valence-corrected chi connectivity index (χ3v) is 3.57. The lowest BCUT2D eigenvalue weighted by atomic mass is 9.66. The largest absolute Gasteiger partial charge is 0.466 e. The quantitative estimate of drug-likeness (QED) is 0.607. The summed E-state index contributed by atoms with van der Waals surface area (Å²) in [5.41, 5.74) is 1.94. The van der Waals surface area contributed by atoms with Crippen LogP contribution < -0.4 is 0 Å². The van der Waals surface area contributed by atoms with E-state index >= 15 is 0 Å². The van der Waals surface area contributed by atoms with Gasteiger partial charge in [0.2, 0.25) is 0 Å². The number of fused-ring (bicyclic) bond motifs is 1. The number of rotatable bonds is 0. The molecule has 0 unspecified atom stereocenters. The van der Waals surface area contributed by atoms with Crippen molar-refractivity contribution < 1.29 is 4.42 Å². The summed E-state index contributed by atoms with van der Waals surface area (Å²) in [5, 5.41) is 0. The second-order valence-corrected chi connectivity index (χ2v) is 5.87. The first-order chi connectivity index (χ1) is 6.33. The van der Waals surface area contributed by atoms with E-state index in [1.807, 2.05) is 6.92 Å². The van der Waals surface area contributed by atoms with E-state index < -0.39 is 0 Å². The van der Waals surface area contributed by atoms with Crippen LogP contribution >= 0.6 is 0 Å². The first-order valence-electron chi connectivity index (χ1n) is 5.44. The number of hydrogen-bond donors (Lipinski definition) is 0. The normalized spacial score (nSPS) is 23.2. The zero-order chi connectivity index (χ0) is 10.6. The van der Waals surface area contributed by atoms with Crippen LogP contribution in [0.1, 0.15) is 57.6 Å². The van der Waals surface area contributed by atoms with E-state index in [1.165, 1.54) is 24.2 Å². The van der Waals surface area contributed by atoms with Gasteiger partial charge in [0.05, 0.1) is 0 Å². The Kier molecular flexibility index (Phi) is 1.86. The van der Waals surface area contributed by atoms with Crippen molar-refractivity contribution in [1.29, 1.82) is 0 Å². The summed E-state index contributed by atoms with van der Waals surface area (Å²) in [7, 11) is 0. The molecule has 78 valence electrons. The maximum Gasteiger partial charge on any atom is 0.113 e. The molecule has 0 aliphatic heterocycles. The Morgan fingerprint density at radius 3 is 2.21 bits per heavy atom. The molecule has 1 heterocycles. The lowest BCUT2D eigenvalue weighted by Crippen LogP contribution is -2.32. The summed E-state index contributed by atoms with van der Waals surface area (Å²) in [6.45, 7) is 11.2. The Morgan fingerprint density at radius 2 is 1.64 bits per heavy atom. The fraction of sp³-hybridized carbons (Fsp3) is 0.692. The summed E-state index contributed by atoms with van der Waals surface area (Å²) in [6, 6.07) is 2.22. The van der Waals surface area contributed by atoms with Crippen molar-refractivity contribution in [1.82, 2.24) is 0 Å². The Balaban J connectivity index is 2.60. The van der Waals surface area contributed by atoms with Gasteiger partial charge in [0, 0.05) is 5.41 Å². The average Bonchev–Trinajstić information content (AvgIpc) is 2.44. The van der Waals surface area contributed by atoms with Crippen LogP contribution in [0.3, 0.4) is 0 Å². The van der Waals surface area contributed by atoms with Crippen LogP contribution in [0, 0.1) is 6.92 Å². The van der Waals surface area contributed by atoms with E-state index in [2.05, 4.69) is 33.8 Å². The van der Waals surface area contributed by atoms with E-state index in [4.69, 9.17) is 4.42 Å². The summed E-state index contributed by atoms with van der Waals surface area (Å²) in [4.78, 5) is 0. The van der Waals surface area contributed by atoms with Gasteiger partial charge in [-0.1, -0.05) is 27.7 Å². The first kappa shape index (κ1) is 9.82. The lowest BCUT2D eigenvalue weighted by molar-refractivity contribution is 0.275. The zero-order valence-electron chi connectivity index (χ0n) is 9.90. The van der Waals surface area contributed by atoms with E-state index in [9.17, 15) is 0 Å². The van der Waals surface area contributed by atoms with Gasteiger partial charge in [-0.05, 0) is 36.8 Å². The van der Waals surface area contributed by atoms with Crippen molar-refractivity contribution in [2.75, 3.05) is 0 Å². The number of aryl methyl sites for hydroxylation is 1. The van der Waals surface area contributed by atoms with Crippen molar-refractivity contribution >= 4 is 0 Å². The second-order valence-electron chi connectivity index (χ2n) is 5.87. The SMILES string of the molecule is Cc1cc2c(o1)C(C)(C)CCC2(C)C. The van der Waals surface area contributed by atoms with Gasteiger partial charge < -0.3 is 4.42 Å². The van der Waals surface area contributed by atoms with Crippen molar-refractivity contribution in [2.45, 2.75) is 58.3 Å². The Morgan fingerprint density at radius 1 is 1.07 bits per heavy atom. The van der Waals surface area contributed by atoms with Crippen molar-refractivity contribution in [3.63, 3.8) is 0 Å². The fourth-order valence-corrected chi connectivity index (χ4v) is 2.39. The highest BCUT2D eigenvalue weighted by Gasteiger charge is 2.40. The van der Waals surface area contributed by atoms with Crippen LogP contribution in [0.4, 0.5) is 0 Å². The van der Waals surface area contributed by atoms with E-state index in [1.54, 1.807) is 0 Å². The molecule has 2 rings (SSSR count). The monoisotopic (exact) mass is 192 g/mol. The standard InChI is InChI=1S/C13H20O/c1-9-8-10-11(14-9)13(4,5)7-6-12(10,2)3/h8H,6-7H2,1-5H3. The molecule has 0 saturated heterocycles. The summed E-state index contributed by atoms with van der Waals surface area (Å²) >= 11 is 0. The van der Waals surface area contributed by atoms with Gasteiger partial charge in [-0.3, -0.25) is 0 Å². The van der Waals surface area contributed by atoms with Crippen LogP contribution in [0.5, 0.6) is 0 Å². The van der Waals surface area contributed by atoms with Gasteiger partial charge in [0.1, 0.15) is 11.5 Å². The minimum atomic E-state index is 0.221. The van der Waals surface area contributed by atoms with Crippen LogP contribution in [0.2, 0.25) is 0 Å². The molecule has 0 fully saturated rings. The van der Waals surface area contributed by atoms with Crippen LogP contribution in [-0.2, 0) is 10.8 Å². The molecule has 0 radical (unpaired) electrons. The minimum Gasteiger partial charge on any atom is -0.466 e. The molecule has 1 aromatic heterocycles. The maximum atomic E-state index is 5.86. The third-order valence-electron chi connectivity index (χ3n) is 3.57. The van der Waals surface area contributed by atoms with Crippen LogP contribution in [0.25, 0.3) is 0 Å². The Hall–Kier alpha value is -0.720. The molecule has 1 aliphatic rings. The molecular formula is C13H20O. The highest BCUT2D eigenvalue weighted by atomic mass is 16.3. The molecular weight excluding hydrogens is 172 g/mol. The molecule has 1 aromatic rings. The fourth-order valence-electron chi connectivity index (χ4n) is 2.39. The Bertz CT molecular complexity index is 322. The number of hydrogen-bond acceptors (Lipinski definition) is 1.